The number of hydrogen-bond donors (Lipinski definition) is 0. The van der Waals surface area contributed by atoms with Crippen molar-refractivity contribution >= 4 is 17.5 Å². The quantitative estimate of drug-likeness (QED) is 0.782. The maximum atomic E-state index is 14.5. The normalized spacial score (nSPS) is 17.7. The Hall–Kier alpha value is -2.69. The van der Waals surface area contributed by atoms with Gasteiger partial charge in [0.1, 0.15) is 0 Å². The van der Waals surface area contributed by atoms with Crippen LogP contribution in [0.25, 0.3) is 0 Å². The number of ether oxygens (including phenoxy) is 1. The zero-order valence-corrected chi connectivity index (χ0v) is 13.7. The molecular formula is C20H18FNO3. The van der Waals surface area contributed by atoms with Gasteiger partial charge in [0.05, 0.1) is 22.9 Å². The van der Waals surface area contributed by atoms with Crippen LogP contribution in [0.2, 0.25) is 0 Å². The van der Waals surface area contributed by atoms with E-state index in [1.165, 1.54) is 12.1 Å². The highest BCUT2D eigenvalue weighted by molar-refractivity contribution is 6.34. The van der Waals surface area contributed by atoms with Gasteiger partial charge in [-0.3, -0.25) is 9.59 Å². The molecule has 2 aliphatic rings. The van der Waals surface area contributed by atoms with Gasteiger partial charge < -0.3 is 4.74 Å². The Kier molecular flexibility index (Phi) is 3.99. The Bertz CT molecular complexity index is 808. The van der Waals surface area contributed by atoms with Gasteiger partial charge in [-0.15, -0.1) is 0 Å². The molecule has 1 aliphatic carbocycles. The minimum atomic E-state index is -0.556. The van der Waals surface area contributed by atoms with E-state index in [9.17, 15) is 14.0 Å². The molecular weight excluding hydrogens is 321 g/mol. The van der Waals surface area contributed by atoms with Crippen LogP contribution in [-0.2, 0) is 0 Å². The summed E-state index contributed by atoms with van der Waals surface area (Å²) in [6.45, 7) is 0. The zero-order chi connectivity index (χ0) is 17.4. The molecule has 0 atom stereocenters. The number of carbonyl (C=O) groups is 2. The Morgan fingerprint density at radius 3 is 2.16 bits per heavy atom. The fourth-order valence-electron chi connectivity index (χ4n) is 3.55. The standard InChI is InChI=1S/C20H18FNO3/c21-16-11-6-12-17(18(16)25-13-7-2-1-3-8-13)22-19(23)14-9-4-5-10-15(14)20(22)24/h4-6,9-13H,1-3,7-8H2. The Balaban J connectivity index is 1.73. The monoisotopic (exact) mass is 339 g/mol. The van der Waals surface area contributed by atoms with Crippen LogP contribution >= 0.6 is 0 Å². The number of amides is 2. The summed E-state index contributed by atoms with van der Waals surface area (Å²) in [6.07, 6.45) is 4.87. The van der Waals surface area contributed by atoms with Gasteiger partial charge >= 0.3 is 0 Å². The third-order valence-electron chi connectivity index (χ3n) is 4.82. The number of fused-ring (bicyclic) bond motifs is 1. The number of hydrogen-bond acceptors (Lipinski definition) is 3. The maximum absolute atomic E-state index is 14.5. The summed E-state index contributed by atoms with van der Waals surface area (Å²) in [6, 6.07) is 11.0. The van der Waals surface area contributed by atoms with E-state index in [1.54, 1.807) is 30.3 Å². The zero-order valence-electron chi connectivity index (χ0n) is 13.7. The van der Waals surface area contributed by atoms with Crippen LogP contribution in [0.5, 0.6) is 5.75 Å². The van der Waals surface area contributed by atoms with Crippen molar-refractivity contribution in [3.05, 3.63) is 59.4 Å². The van der Waals surface area contributed by atoms with E-state index in [2.05, 4.69) is 0 Å². The summed E-state index contributed by atoms with van der Waals surface area (Å²) in [4.78, 5) is 26.4. The van der Waals surface area contributed by atoms with E-state index in [4.69, 9.17) is 4.74 Å². The highest BCUT2D eigenvalue weighted by atomic mass is 19.1. The van der Waals surface area contributed by atoms with Crippen molar-refractivity contribution in [2.45, 2.75) is 38.2 Å². The van der Waals surface area contributed by atoms with Crippen molar-refractivity contribution in [1.82, 2.24) is 0 Å². The second-order valence-electron chi connectivity index (χ2n) is 6.46. The predicted octanol–water partition coefficient (Wildman–Crippen LogP) is 4.34. The van der Waals surface area contributed by atoms with E-state index in [0.717, 1.165) is 37.0 Å². The molecule has 1 fully saturated rings. The van der Waals surface area contributed by atoms with Crippen molar-refractivity contribution in [3.63, 3.8) is 0 Å². The molecule has 2 amide bonds. The van der Waals surface area contributed by atoms with Gasteiger partial charge in [0.2, 0.25) is 0 Å². The maximum Gasteiger partial charge on any atom is 0.266 e. The minimum absolute atomic E-state index is 0.0103. The molecule has 25 heavy (non-hydrogen) atoms. The van der Waals surface area contributed by atoms with E-state index in [1.807, 2.05) is 0 Å². The van der Waals surface area contributed by atoms with Gasteiger partial charge in [-0.2, -0.15) is 0 Å². The van der Waals surface area contributed by atoms with Crippen LogP contribution in [0.3, 0.4) is 0 Å². The molecule has 1 saturated carbocycles. The third-order valence-corrected chi connectivity index (χ3v) is 4.82. The summed E-state index contributed by atoms with van der Waals surface area (Å²) >= 11 is 0. The molecule has 4 nitrogen and oxygen atoms in total. The fraction of sp³-hybridized carbons (Fsp3) is 0.300. The average molecular weight is 339 g/mol. The first-order valence-corrected chi connectivity index (χ1v) is 8.60. The molecule has 0 N–H and O–H groups in total. The second-order valence-corrected chi connectivity index (χ2v) is 6.46. The predicted molar refractivity (Wildman–Crippen MR) is 91.5 cm³/mol. The summed E-state index contributed by atoms with van der Waals surface area (Å²) in [5.41, 5.74) is 0.845. The fourth-order valence-corrected chi connectivity index (χ4v) is 3.55. The van der Waals surface area contributed by atoms with Crippen molar-refractivity contribution in [3.8, 4) is 5.75 Å². The minimum Gasteiger partial charge on any atom is -0.485 e. The number of carbonyl (C=O) groups excluding carboxylic acids is 2. The van der Waals surface area contributed by atoms with Crippen molar-refractivity contribution in [1.29, 1.82) is 0 Å². The molecule has 5 heteroatoms. The molecule has 1 aliphatic heterocycles. The molecule has 128 valence electrons. The number of imide groups is 1. The Morgan fingerprint density at radius 1 is 0.880 bits per heavy atom. The lowest BCUT2D eigenvalue weighted by atomic mass is 9.98. The number of rotatable bonds is 3. The molecule has 0 spiro atoms. The molecule has 0 saturated heterocycles. The lowest BCUT2D eigenvalue weighted by molar-refractivity contribution is 0.0921. The first-order chi connectivity index (χ1) is 12.2. The van der Waals surface area contributed by atoms with Gasteiger partial charge in [-0.1, -0.05) is 24.6 Å². The molecule has 0 bridgehead atoms. The number of anilines is 1. The second kappa shape index (κ2) is 6.31. The largest absolute Gasteiger partial charge is 0.485 e. The van der Waals surface area contributed by atoms with Gasteiger partial charge in [-0.25, -0.2) is 9.29 Å². The molecule has 0 aromatic heterocycles. The van der Waals surface area contributed by atoms with Crippen LogP contribution in [0.15, 0.2) is 42.5 Å². The van der Waals surface area contributed by atoms with Gasteiger partial charge in [0.15, 0.2) is 11.6 Å². The van der Waals surface area contributed by atoms with E-state index in [-0.39, 0.29) is 17.5 Å². The van der Waals surface area contributed by atoms with Crippen LogP contribution in [0, 0.1) is 5.82 Å². The van der Waals surface area contributed by atoms with E-state index < -0.39 is 17.6 Å². The van der Waals surface area contributed by atoms with E-state index in [0.29, 0.717) is 11.1 Å². The van der Waals surface area contributed by atoms with Crippen LogP contribution in [-0.4, -0.2) is 17.9 Å². The highest BCUT2D eigenvalue weighted by Gasteiger charge is 2.38. The van der Waals surface area contributed by atoms with Crippen molar-refractivity contribution in [2.24, 2.45) is 0 Å². The summed E-state index contributed by atoms with van der Waals surface area (Å²) < 4.78 is 20.4. The molecule has 0 radical (unpaired) electrons. The number of nitrogens with zero attached hydrogens (tertiary/aromatic N) is 1. The molecule has 2 aromatic rings. The Labute approximate surface area is 145 Å². The molecule has 2 aromatic carbocycles. The Morgan fingerprint density at radius 2 is 1.52 bits per heavy atom. The molecule has 1 heterocycles. The lowest BCUT2D eigenvalue weighted by Gasteiger charge is -2.26. The number of halogens is 1. The third kappa shape index (κ3) is 2.69. The van der Waals surface area contributed by atoms with Crippen molar-refractivity contribution < 1.29 is 18.7 Å². The first-order valence-electron chi connectivity index (χ1n) is 8.60. The summed E-state index contributed by atoms with van der Waals surface area (Å²) in [7, 11) is 0. The summed E-state index contributed by atoms with van der Waals surface area (Å²) in [5.74, 6) is -1.46. The lowest BCUT2D eigenvalue weighted by Crippen LogP contribution is -2.31. The highest BCUT2D eigenvalue weighted by Crippen LogP contribution is 2.38. The topological polar surface area (TPSA) is 46.6 Å². The van der Waals surface area contributed by atoms with Gasteiger partial charge in [0, 0.05) is 0 Å². The van der Waals surface area contributed by atoms with E-state index >= 15 is 0 Å². The van der Waals surface area contributed by atoms with Gasteiger partial charge in [0.25, 0.3) is 11.8 Å². The number of benzene rings is 2. The summed E-state index contributed by atoms with van der Waals surface area (Å²) in [5, 5.41) is 0. The first kappa shape index (κ1) is 15.8. The van der Waals surface area contributed by atoms with Crippen molar-refractivity contribution in [2.75, 3.05) is 4.90 Å². The van der Waals surface area contributed by atoms with Crippen LogP contribution < -0.4 is 9.64 Å². The molecule has 4 rings (SSSR count). The van der Waals surface area contributed by atoms with Gasteiger partial charge in [-0.05, 0) is 49.9 Å². The average Bonchev–Trinajstić information content (AvgIpc) is 2.89. The SMILES string of the molecule is O=C1c2ccccc2C(=O)N1c1cccc(F)c1OC1CCCCC1. The van der Waals surface area contributed by atoms with Crippen LogP contribution in [0.4, 0.5) is 10.1 Å². The van der Waals surface area contributed by atoms with Crippen LogP contribution in [0.1, 0.15) is 52.8 Å². The number of para-hydroxylation sites is 1. The smallest absolute Gasteiger partial charge is 0.266 e. The molecule has 0 unspecified atom stereocenters.